The smallest absolute Gasteiger partial charge is 0.236 e. The molecule has 21 heavy (non-hydrogen) atoms. The minimum atomic E-state index is 0. The van der Waals surface area contributed by atoms with Crippen LogP contribution in [0.2, 0.25) is 0 Å². The first-order chi connectivity index (χ1) is 9.69. The van der Waals surface area contributed by atoms with Crippen LogP contribution in [0.4, 0.5) is 0 Å². The fourth-order valence-electron chi connectivity index (χ4n) is 1.65. The van der Waals surface area contributed by atoms with Gasteiger partial charge in [0.1, 0.15) is 12.0 Å². The molecule has 1 unspecified atom stereocenters. The molecule has 8 heteroatoms. The van der Waals surface area contributed by atoms with Gasteiger partial charge >= 0.3 is 0 Å². The molecule has 0 radical (unpaired) electrons. The topological polar surface area (TPSA) is 85.7 Å². The first kappa shape index (κ1) is 17.9. The van der Waals surface area contributed by atoms with Crippen LogP contribution in [-0.2, 0) is 11.3 Å². The van der Waals surface area contributed by atoms with Crippen molar-refractivity contribution in [3.63, 3.8) is 0 Å². The first-order valence-corrected chi connectivity index (χ1v) is 7.10. The molecule has 6 nitrogen and oxygen atoms in total. The number of nitrogens with two attached hydrogens (primary N) is 1. The van der Waals surface area contributed by atoms with E-state index in [4.69, 9.17) is 14.9 Å². The zero-order valence-electron chi connectivity index (χ0n) is 11.9. The summed E-state index contributed by atoms with van der Waals surface area (Å²) < 4.78 is 10.4. The molecule has 116 valence electrons. The van der Waals surface area contributed by atoms with Crippen LogP contribution in [0.5, 0.6) is 0 Å². The standard InChI is InChI=1S/C13H18N4O2S.HI/c1-9(7-18-2)16-13(14)15-6-10-8-19-12(17-10)11-4-3-5-20-11;/h3-5,8-9H,6-7H2,1-2H3,(H3,14,15,16);1H. The fourth-order valence-corrected chi connectivity index (χ4v) is 2.30. The van der Waals surface area contributed by atoms with Crippen LogP contribution < -0.4 is 11.1 Å². The second-order valence-corrected chi connectivity index (χ2v) is 5.27. The molecule has 2 rings (SSSR count). The Morgan fingerprint density at radius 3 is 3.10 bits per heavy atom. The van der Waals surface area contributed by atoms with E-state index >= 15 is 0 Å². The maximum Gasteiger partial charge on any atom is 0.236 e. The largest absolute Gasteiger partial charge is 0.443 e. The second-order valence-electron chi connectivity index (χ2n) is 4.32. The Hall–Kier alpha value is -1.13. The van der Waals surface area contributed by atoms with Gasteiger partial charge in [0.05, 0.1) is 18.0 Å². The van der Waals surface area contributed by atoms with Gasteiger partial charge in [-0.3, -0.25) is 0 Å². The quantitative estimate of drug-likeness (QED) is 0.425. The lowest BCUT2D eigenvalue weighted by Crippen LogP contribution is -2.40. The Bertz CT molecular complexity index is 556. The van der Waals surface area contributed by atoms with E-state index in [1.807, 2.05) is 24.4 Å². The molecule has 0 bridgehead atoms. The van der Waals surface area contributed by atoms with Crippen LogP contribution in [0.1, 0.15) is 12.6 Å². The summed E-state index contributed by atoms with van der Waals surface area (Å²) in [7, 11) is 1.65. The minimum Gasteiger partial charge on any atom is -0.443 e. The summed E-state index contributed by atoms with van der Waals surface area (Å²) in [6.07, 6.45) is 1.60. The van der Waals surface area contributed by atoms with Crippen LogP contribution in [0.25, 0.3) is 10.8 Å². The molecule has 0 saturated carbocycles. The van der Waals surface area contributed by atoms with Crippen molar-refractivity contribution in [2.75, 3.05) is 13.7 Å². The average Bonchev–Trinajstić information content (AvgIpc) is 3.07. The number of rotatable bonds is 6. The average molecular weight is 422 g/mol. The lowest BCUT2D eigenvalue weighted by atomic mass is 10.4. The van der Waals surface area contributed by atoms with E-state index in [1.165, 1.54) is 0 Å². The van der Waals surface area contributed by atoms with Gasteiger partial charge in [-0.05, 0) is 18.4 Å². The summed E-state index contributed by atoms with van der Waals surface area (Å²) in [6.45, 7) is 2.92. The number of nitrogens with one attached hydrogen (secondary N) is 1. The summed E-state index contributed by atoms with van der Waals surface area (Å²) in [4.78, 5) is 9.59. The highest BCUT2D eigenvalue weighted by atomic mass is 127. The van der Waals surface area contributed by atoms with E-state index in [2.05, 4.69) is 15.3 Å². The maximum atomic E-state index is 5.78. The number of methoxy groups -OCH3 is 1. The summed E-state index contributed by atoms with van der Waals surface area (Å²) in [6, 6.07) is 4.04. The summed E-state index contributed by atoms with van der Waals surface area (Å²) in [5, 5.41) is 5.01. The molecular formula is C13H19IN4O2S. The fraction of sp³-hybridized carbons (Fsp3) is 0.385. The Morgan fingerprint density at radius 2 is 2.43 bits per heavy atom. The van der Waals surface area contributed by atoms with Gasteiger partial charge in [0.15, 0.2) is 5.96 Å². The van der Waals surface area contributed by atoms with Crippen LogP contribution >= 0.6 is 35.3 Å². The molecule has 0 aliphatic carbocycles. The normalized spacial score (nSPS) is 12.8. The molecule has 2 aromatic rings. The van der Waals surface area contributed by atoms with Crippen LogP contribution in [-0.4, -0.2) is 30.7 Å². The van der Waals surface area contributed by atoms with E-state index < -0.39 is 0 Å². The van der Waals surface area contributed by atoms with Crippen molar-refractivity contribution < 1.29 is 9.15 Å². The molecule has 0 amide bonds. The van der Waals surface area contributed by atoms with E-state index in [1.54, 1.807) is 24.7 Å². The van der Waals surface area contributed by atoms with Gasteiger partial charge in [-0.1, -0.05) is 6.07 Å². The first-order valence-electron chi connectivity index (χ1n) is 6.22. The molecule has 1 atom stereocenters. The number of hydrogen-bond acceptors (Lipinski definition) is 5. The van der Waals surface area contributed by atoms with Crippen molar-refractivity contribution in [2.24, 2.45) is 10.7 Å². The Morgan fingerprint density at radius 1 is 1.62 bits per heavy atom. The maximum absolute atomic E-state index is 5.78. The lowest BCUT2D eigenvalue weighted by Gasteiger charge is -2.12. The van der Waals surface area contributed by atoms with Crippen LogP contribution in [0.3, 0.4) is 0 Å². The molecule has 0 aromatic carbocycles. The van der Waals surface area contributed by atoms with Gasteiger partial charge in [0.25, 0.3) is 0 Å². The molecule has 0 spiro atoms. The summed E-state index contributed by atoms with van der Waals surface area (Å²) in [5.74, 6) is 0.986. The molecule has 0 aliphatic rings. The van der Waals surface area contributed by atoms with E-state index in [0.717, 1.165) is 10.6 Å². The van der Waals surface area contributed by atoms with Crippen LogP contribution in [0.15, 0.2) is 33.2 Å². The monoisotopic (exact) mass is 422 g/mol. The molecule has 0 saturated heterocycles. The van der Waals surface area contributed by atoms with Crippen LogP contribution in [0, 0.1) is 0 Å². The summed E-state index contributed by atoms with van der Waals surface area (Å²) in [5.41, 5.74) is 6.53. The highest BCUT2D eigenvalue weighted by Gasteiger charge is 2.07. The van der Waals surface area contributed by atoms with Gasteiger partial charge in [-0.25, -0.2) is 9.98 Å². The molecular weight excluding hydrogens is 403 g/mol. The predicted molar refractivity (Wildman–Crippen MR) is 95.0 cm³/mol. The highest BCUT2D eigenvalue weighted by molar-refractivity contribution is 14.0. The van der Waals surface area contributed by atoms with Gasteiger partial charge < -0.3 is 20.2 Å². The number of hydrogen-bond donors (Lipinski definition) is 2. The Labute approximate surface area is 144 Å². The van der Waals surface area contributed by atoms with Crippen molar-refractivity contribution in [2.45, 2.75) is 19.5 Å². The number of aliphatic imine (C=N–C) groups is 1. The van der Waals surface area contributed by atoms with Crippen molar-refractivity contribution in [1.82, 2.24) is 10.3 Å². The van der Waals surface area contributed by atoms with Gasteiger partial charge in [-0.15, -0.1) is 35.3 Å². The van der Waals surface area contributed by atoms with Gasteiger partial charge in [0, 0.05) is 13.2 Å². The number of thiophene rings is 1. The summed E-state index contributed by atoms with van der Waals surface area (Å²) >= 11 is 1.58. The zero-order valence-corrected chi connectivity index (χ0v) is 15.1. The SMILES string of the molecule is COCC(C)NC(N)=NCc1coc(-c2cccs2)n1.I. The molecule has 2 aromatic heterocycles. The van der Waals surface area contributed by atoms with E-state index in [0.29, 0.717) is 25.0 Å². The second kappa shape index (κ2) is 9.00. The number of aromatic nitrogens is 1. The number of nitrogens with zero attached hydrogens (tertiary/aromatic N) is 2. The van der Waals surface area contributed by atoms with Crippen molar-refractivity contribution >= 4 is 41.3 Å². The number of ether oxygens (including phenoxy) is 1. The number of oxazole rings is 1. The van der Waals surface area contributed by atoms with E-state index in [-0.39, 0.29) is 30.0 Å². The number of halogens is 1. The molecule has 2 heterocycles. The highest BCUT2D eigenvalue weighted by Crippen LogP contribution is 2.23. The third-order valence-corrected chi connectivity index (χ3v) is 3.36. The molecule has 3 N–H and O–H groups in total. The van der Waals surface area contributed by atoms with E-state index in [9.17, 15) is 0 Å². The Balaban J connectivity index is 0.00000220. The third-order valence-electron chi connectivity index (χ3n) is 2.51. The molecule has 0 fully saturated rings. The Kier molecular flexibility index (Phi) is 7.68. The zero-order chi connectivity index (χ0) is 14.4. The van der Waals surface area contributed by atoms with Crippen molar-refractivity contribution in [3.8, 4) is 10.8 Å². The minimum absolute atomic E-state index is 0. The number of guanidine groups is 1. The van der Waals surface area contributed by atoms with Crippen molar-refractivity contribution in [3.05, 3.63) is 29.5 Å². The van der Waals surface area contributed by atoms with Gasteiger partial charge in [-0.2, -0.15) is 0 Å². The van der Waals surface area contributed by atoms with Crippen molar-refractivity contribution in [1.29, 1.82) is 0 Å². The van der Waals surface area contributed by atoms with Gasteiger partial charge in [0.2, 0.25) is 5.89 Å². The third kappa shape index (κ3) is 5.64. The molecule has 0 aliphatic heterocycles. The lowest BCUT2D eigenvalue weighted by molar-refractivity contribution is 0.179. The predicted octanol–water partition coefficient (Wildman–Crippen LogP) is 2.46.